The van der Waals surface area contributed by atoms with Crippen LogP contribution in [0, 0.1) is 5.92 Å². The van der Waals surface area contributed by atoms with Crippen molar-refractivity contribution in [1.29, 1.82) is 0 Å². The van der Waals surface area contributed by atoms with Gasteiger partial charge in [-0.25, -0.2) is 4.68 Å². The summed E-state index contributed by atoms with van der Waals surface area (Å²) in [6, 6.07) is 21.3. The van der Waals surface area contributed by atoms with Gasteiger partial charge in [0.2, 0.25) is 11.8 Å². The average Bonchev–Trinajstić information content (AvgIpc) is 3.31. The Morgan fingerprint density at radius 3 is 2.16 bits per heavy atom. The molecule has 1 aromatic heterocycles. The Balaban J connectivity index is 1.63. The number of ether oxygens (including phenoxy) is 2. The third-order valence-electron chi connectivity index (χ3n) is 6.13. The molecule has 0 saturated heterocycles. The van der Waals surface area contributed by atoms with Gasteiger partial charge >= 0.3 is 0 Å². The van der Waals surface area contributed by atoms with E-state index in [1.165, 1.54) is 0 Å². The van der Waals surface area contributed by atoms with Gasteiger partial charge < -0.3 is 19.7 Å². The molecule has 4 rings (SSSR count). The Hall–Kier alpha value is -4.40. The molecule has 1 heterocycles. The van der Waals surface area contributed by atoms with E-state index in [4.69, 9.17) is 9.47 Å². The standard InChI is InChI=1S/C28H31N5O4/c1-19(2)27(28(35)29-21-11-15-23(37-4)16-12-21)32(17-20-9-13-22(36-3)14-10-20)26(34)18-33-25-8-6-5-7-24(25)30-31-33/h5-16,19,27H,17-18H2,1-4H3,(H,29,35). The number of carbonyl (C=O) groups is 2. The number of hydrogen-bond donors (Lipinski definition) is 1. The van der Waals surface area contributed by atoms with Gasteiger partial charge in [0.15, 0.2) is 0 Å². The molecule has 0 aliphatic rings. The molecule has 3 aromatic carbocycles. The molecular weight excluding hydrogens is 470 g/mol. The molecule has 4 aromatic rings. The number of fused-ring (bicyclic) bond motifs is 1. The molecule has 1 atom stereocenters. The topological polar surface area (TPSA) is 98.6 Å². The van der Waals surface area contributed by atoms with Crippen molar-refractivity contribution in [3.63, 3.8) is 0 Å². The fourth-order valence-corrected chi connectivity index (χ4v) is 4.22. The van der Waals surface area contributed by atoms with Crippen molar-refractivity contribution in [3.8, 4) is 11.5 Å². The van der Waals surface area contributed by atoms with Crippen LogP contribution in [0.15, 0.2) is 72.8 Å². The Morgan fingerprint density at radius 2 is 1.54 bits per heavy atom. The fraction of sp³-hybridized carbons (Fsp3) is 0.286. The number of aromatic nitrogens is 3. The Morgan fingerprint density at radius 1 is 0.919 bits per heavy atom. The van der Waals surface area contributed by atoms with Gasteiger partial charge in [0.05, 0.1) is 19.7 Å². The highest BCUT2D eigenvalue weighted by atomic mass is 16.5. The van der Waals surface area contributed by atoms with Crippen molar-refractivity contribution >= 4 is 28.5 Å². The molecule has 37 heavy (non-hydrogen) atoms. The van der Waals surface area contributed by atoms with Crippen LogP contribution in [0.3, 0.4) is 0 Å². The molecule has 0 spiro atoms. The number of benzene rings is 3. The van der Waals surface area contributed by atoms with Crippen LogP contribution in [0.25, 0.3) is 11.0 Å². The summed E-state index contributed by atoms with van der Waals surface area (Å²) in [6.45, 7) is 4.05. The number of nitrogens with one attached hydrogen (secondary N) is 1. The smallest absolute Gasteiger partial charge is 0.247 e. The summed E-state index contributed by atoms with van der Waals surface area (Å²) in [5.41, 5.74) is 2.95. The van der Waals surface area contributed by atoms with Crippen molar-refractivity contribution in [2.75, 3.05) is 19.5 Å². The second-order valence-electron chi connectivity index (χ2n) is 9.01. The van der Waals surface area contributed by atoms with Gasteiger partial charge in [-0.15, -0.1) is 5.10 Å². The summed E-state index contributed by atoms with van der Waals surface area (Å²) in [5.74, 6) is 0.733. The normalized spacial score (nSPS) is 11.8. The highest BCUT2D eigenvalue weighted by Crippen LogP contribution is 2.22. The van der Waals surface area contributed by atoms with E-state index in [2.05, 4.69) is 15.6 Å². The predicted octanol–water partition coefficient (Wildman–Crippen LogP) is 4.14. The fourth-order valence-electron chi connectivity index (χ4n) is 4.22. The number of methoxy groups -OCH3 is 2. The van der Waals surface area contributed by atoms with Gasteiger partial charge in [0, 0.05) is 12.2 Å². The van der Waals surface area contributed by atoms with Gasteiger partial charge in [-0.3, -0.25) is 9.59 Å². The lowest BCUT2D eigenvalue weighted by molar-refractivity contribution is -0.141. The highest BCUT2D eigenvalue weighted by molar-refractivity contribution is 5.97. The SMILES string of the molecule is COc1ccc(CN(C(=O)Cn2nnc3ccccc32)C(C(=O)Nc2ccc(OC)cc2)C(C)C)cc1. The van der Waals surface area contributed by atoms with Gasteiger partial charge in [-0.05, 0) is 60.0 Å². The zero-order valence-corrected chi connectivity index (χ0v) is 21.4. The second-order valence-corrected chi connectivity index (χ2v) is 9.01. The van der Waals surface area contributed by atoms with E-state index in [0.717, 1.165) is 11.1 Å². The average molecular weight is 502 g/mol. The van der Waals surface area contributed by atoms with Gasteiger partial charge in [0.25, 0.3) is 0 Å². The first-order valence-electron chi connectivity index (χ1n) is 12.0. The molecule has 192 valence electrons. The summed E-state index contributed by atoms with van der Waals surface area (Å²) in [4.78, 5) is 29.0. The summed E-state index contributed by atoms with van der Waals surface area (Å²) in [5, 5.41) is 11.3. The number of rotatable bonds is 10. The maximum Gasteiger partial charge on any atom is 0.247 e. The first-order valence-corrected chi connectivity index (χ1v) is 12.0. The largest absolute Gasteiger partial charge is 0.497 e. The minimum Gasteiger partial charge on any atom is -0.497 e. The van der Waals surface area contributed by atoms with Gasteiger partial charge in [-0.1, -0.05) is 43.3 Å². The van der Waals surface area contributed by atoms with Crippen LogP contribution in [-0.4, -0.2) is 52.0 Å². The van der Waals surface area contributed by atoms with Crippen LogP contribution in [0.2, 0.25) is 0 Å². The number of carbonyl (C=O) groups excluding carboxylic acids is 2. The lowest BCUT2D eigenvalue weighted by atomic mass is 10.00. The Kier molecular flexibility index (Phi) is 8.02. The maximum absolute atomic E-state index is 13.8. The zero-order chi connectivity index (χ0) is 26.4. The van der Waals surface area contributed by atoms with Crippen LogP contribution in [-0.2, 0) is 22.7 Å². The predicted molar refractivity (Wildman–Crippen MR) is 141 cm³/mol. The van der Waals surface area contributed by atoms with E-state index < -0.39 is 6.04 Å². The summed E-state index contributed by atoms with van der Waals surface area (Å²) in [7, 11) is 3.19. The Labute approximate surface area is 216 Å². The van der Waals surface area contributed by atoms with E-state index in [1.54, 1.807) is 48.1 Å². The lowest BCUT2D eigenvalue weighted by Gasteiger charge is -2.33. The molecule has 0 aliphatic carbocycles. The van der Waals surface area contributed by atoms with E-state index in [-0.39, 0.29) is 30.8 Å². The molecule has 2 amide bonds. The van der Waals surface area contributed by atoms with Gasteiger partial charge in [0.1, 0.15) is 29.6 Å². The van der Waals surface area contributed by atoms with Crippen molar-refractivity contribution in [2.24, 2.45) is 5.92 Å². The maximum atomic E-state index is 13.8. The van der Waals surface area contributed by atoms with E-state index >= 15 is 0 Å². The molecule has 9 nitrogen and oxygen atoms in total. The van der Waals surface area contributed by atoms with Crippen molar-refractivity contribution < 1.29 is 19.1 Å². The Bertz CT molecular complexity index is 1350. The van der Waals surface area contributed by atoms with Crippen molar-refractivity contribution in [2.45, 2.75) is 33.0 Å². The second kappa shape index (κ2) is 11.6. The van der Waals surface area contributed by atoms with E-state index in [9.17, 15) is 9.59 Å². The monoisotopic (exact) mass is 501 g/mol. The van der Waals surface area contributed by atoms with Crippen molar-refractivity contribution in [3.05, 3.63) is 78.4 Å². The quantitative estimate of drug-likeness (QED) is 0.351. The van der Waals surface area contributed by atoms with Gasteiger partial charge in [-0.2, -0.15) is 0 Å². The molecule has 0 aliphatic heterocycles. The van der Waals surface area contributed by atoms with Crippen LogP contribution in [0.4, 0.5) is 5.69 Å². The van der Waals surface area contributed by atoms with E-state index in [1.807, 2.05) is 62.4 Å². The van der Waals surface area contributed by atoms with Crippen LogP contribution < -0.4 is 14.8 Å². The van der Waals surface area contributed by atoms with E-state index in [0.29, 0.717) is 22.7 Å². The molecule has 0 radical (unpaired) electrons. The van der Waals surface area contributed by atoms with Crippen LogP contribution in [0.1, 0.15) is 19.4 Å². The summed E-state index contributed by atoms with van der Waals surface area (Å²) in [6.07, 6.45) is 0. The third-order valence-corrected chi connectivity index (χ3v) is 6.13. The molecular formula is C28H31N5O4. The first-order chi connectivity index (χ1) is 17.9. The molecule has 1 N–H and O–H groups in total. The minimum absolute atomic E-state index is 0.0459. The number of nitrogens with zero attached hydrogens (tertiary/aromatic N) is 4. The highest BCUT2D eigenvalue weighted by Gasteiger charge is 2.33. The summed E-state index contributed by atoms with van der Waals surface area (Å²) < 4.78 is 12.0. The zero-order valence-electron chi connectivity index (χ0n) is 21.4. The van der Waals surface area contributed by atoms with Crippen molar-refractivity contribution in [1.82, 2.24) is 19.9 Å². The molecule has 1 unspecified atom stereocenters. The summed E-state index contributed by atoms with van der Waals surface area (Å²) >= 11 is 0. The van der Waals surface area contributed by atoms with Crippen LogP contribution >= 0.6 is 0 Å². The lowest BCUT2D eigenvalue weighted by Crippen LogP contribution is -2.50. The first kappa shape index (κ1) is 25.7. The minimum atomic E-state index is -0.730. The number of anilines is 1. The number of para-hydroxylation sites is 1. The number of amides is 2. The molecule has 0 bridgehead atoms. The molecule has 9 heteroatoms. The molecule has 0 fully saturated rings. The van der Waals surface area contributed by atoms with Crippen LogP contribution in [0.5, 0.6) is 11.5 Å². The third kappa shape index (κ3) is 6.06. The molecule has 0 saturated carbocycles. The number of hydrogen-bond acceptors (Lipinski definition) is 6.